The fourth-order valence-electron chi connectivity index (χ4n) is 2.92. The Balaban J connectivity index is 1.55. The average molecular weight is 370 g/mol. The van der Waals surface area contributed by atoms with Gasteiger partial charge in [0.2, 0.25) is 5.91 Å². The topological polar surface area (TPSA) is 89.1 Å². The summed E-state index contributed by atoms with van der Waals surface area (Å²) in [5.74, 6) is 0.198. The number of nitrogens with two attached hydrogens (primary N) is 1. The molecule has 0 unspecified atom stereocenters. The van der Waals surface area contributed by atoms with Crippen molar-refractivity contribution < 1.29 is 9.63 Å². The van der Waals surface area contributed by atoms with Crippen LogP contribution in [0.1, 0.15) is 27.0 Å². The van der Waals surface area contributed by atoms with Gasteiger partial charge in [-0.3, -0.25) is 14.6 Å². The molecule has 28 heavy (non-hydrogen) atoms. The first kappa shape index (κ1) is 17.6. The second-order valence-corrected chi connectivity index (χ2v) is 6.23. The van der Waals surface area contributed by atoms with E-state index in [0.29, 0.717) is 23.6 Å². The van der Waals surface area contributed by atoms with Gasteiger partial charge in [0.1, 0.15) is 6.61 Å². The first-order valence-corrected chi connectivity index (χ1v) is 8.78. The fourth-order valence-corrected chi connectivity index (χ4v) is 2.92. The third-order valence-electron chi connectivity index (χ3n) is 4.34. The number of nitrogens with one attached hydrogen (secondary N) is 1. The summed E-state index contributed by atoms with van der Waals surface area (Å²) in [6.45, 7) is 0.510. The van der Waals surface area contributed by atoms with Crippen LogP contribution in [0.15, 0.2) is 82.8 Å². The minimum absolute atomic E-state index is 0.441. The third-order valence-corrected chi connectivity index (χ3v) is 4.34. The Morgan fingerprint density at radius 1 is 0.964 bits per heavy atom. The highest BCUT2D eigenvalue weighted by Gasteiger charge is 2.14. The van der Waals surface area contributed by atoms with E-state index in [0.717, 1.165) is 22.5 Å². The van der Waals surface area contributed by atoms with E-state index in [2.05, 4.69) is 15.5 Å². The Labute approximate surface area is 162 Å². The highest BCUT2D eigenvalue weighted by Crippen LogP contribution is 2.22. The first-order chi connectivity index (χ1) is 13.7. The molecule has 1 aliphatic heterocycles. The van der Waals surface area contributed by atoms with Crippen LogP contribution in [-0.4, -0.2) is 18.0 Å². The maximum Gasteiger partial charge on any atom is 0.249 e. The Hall–Kier alpha value is -3.77. The largest absolute Gasteiger partial charge is 0.366 e. The Morgan fingerprint density at radius 3 is 2.50 bits per heavy atom. The van der Waals surface area contributed by atoms with Gasteiger partial charge in [0.15, 0.2) is 5.84 Å². The van der Waals surface area contributed by atoms with E-state index in [-0.39, 0.29) is 0 Å². The van der Waals surface area contributed by atoms with Crippen molar-refractivity contribution in [3.05, 3.63) is 95.1 Å². The van der Waals surface area contributed by atoms with Crippen LogP contribution in [0.25, 0.3) is 0 Å². The summed E-state index contributed by atoms with van der Waals surface area (Å²) in [5, 5.41) is 0. The van der Waals surface area contributed by atoms with Crippen molar-refractivity contribution in [2.24, 2.45) is 15.7 Å². The molecule has 138 valence electrons. The molecule has 0 saturated carbocycles. The monoisotopic (exact) mass is 370 g/mol. The lowest BCUT2D eigenvalue weighted by atomic mass is 10.1. The normalized spacial score (nSPS) is 14.6. The SMILES string of the molecule is NC(=O)c1ccccc1C=Nc1ccc(N=C2NOCc3ccccc32)cc1. The number of hydrogen-bond donors (Lipinski definition) is 2. The maximum atomic E-state index is 11.5. The fraction of sp³-hybridized carbons (Fsp3) is 0.0455. The zero-order valence-corrected chi connectivity index (χ0v) is 15.0. The van der Waals surface area contributed by atoms with Crippen LogP contribution >= 0.6 is 0 Å². The van der Waals surface area contributed by atoms with E-state index in [1.165, 1.54) is 0 Å². The van der Waals surface area contributed by atoms with Crippen LogP contribution in [0.5, 0.6) is 0 Å². The lowest BCUT2D eigenvalue weighted by Crippen LogP contribution is -2.30. The van der Waals surface area contributed by atoms with Crippen molar-refractivity contribution in [3.8, 4) is 0 Å². The summed E-state index contributed by atoms with van der Waals surface area (Å²) in [4.78, 5) is 25.9. The van der Waals surface area contributed by atoms with Crippen LogP contribution in [-0.2, 0) is 11.4 Å². The van der Waals surface area contributed by atoms with Crippen molar-refractivity contribution in [1.29, 1.82) is 0 Å². The van der Waals surface area contributed by atoms with Gasteiger partial charge in [-0.05, 0) is 35.9 Å². The third kappa shape index (κ3) is 3.82. The minimum Gasteiger partial charge on any atom is -0.366 e. The number of amidine groups is 1. The Morgan fingerprint density at radius 2 is 1.68 bits per heavy atom. The Kier molecular flexibility index (Phi) is 4.95. The summed E-state index contributed by atoms with van der Waals surface area (Å²) in [5.41, 5.74) is 13.0. The van der Waals surface area contributed by atoms with Gasteiger partial charge in [0.25, 0.3) is 0 Å². The molecule has 1 heterocycles. The van der Waals surface area contributed by atoms with E-state index >= 15 is 0 Å². The molecule has 1 amide bonds. The lowest BCUT2D eigenvalue weighted by molar-refractivity contribution is 0.0652. The highest BCUT2D eigenvalue weighted by atomic mass is 16.6. The van der Waals surface area contributed by atoms with Crippen molar-refractivity contribution in [1.82, 2.24) is 5.48 Å². The standard InChI is InChI=1S/C22H18N4O2/c23-21(27)19-7-3-1-5-15(19)13-24-17-9-11-18(12-10-17)25-22-20-8-4-2-6-16(20)14-28-26-22/h1-13H,14H2,(H2,23,27)(H,25,26). The molecule has 0 spiro atoms. The molecule has 0 saturated heterocycles. The van der Waals surface area contributed by atoms with Gasteiger partial charge in [-0.1, -0.05) is 42.5 Å². The van der Waals surface area contributed by atoms with Gasteiger partial charge in [0, 0.05) is 22.9 Å². The van der Waals surface area contributed by atoms with E-state index in [1.807, 2.05) is 54.6 Å². The molecule has 0 aliphatic carbocycles. The summed E-state index contributed by atoms with van der Waals surface area (Å²) in [6, 6.07) is 22.5. The number of fused-ring (bicyclic) bond motifs is 1. The van der Waals surface area contributed by atoms with Gasteiger partial charge in [-0.15, -0.1) is 0 Å². The maximum absolute atomic E-state index is 11.5. The number of nitrogens with zero attached hydrogens (tertiary/aromatic N) is 2. The van der Waals surface area contributed by atoms with Gasteiger partial charge >= 0.3 is 0 Å². The zero-order chi connectivity index (χ0) is 19.3. The van der Waals surface area contributed by atoms with Crippen molar-refractivity contribution in [3.63, 3.8) is 0 Å². The van der Waals surface area contributed by atoms with Crippen molar-refractivity contribution >= 4 is 29.3 Å². The van der Waals surface area contributed by atoms with Gasteiger partial charge in [-0.2, -0.15) is 0 Å². The quantitative estimate of drug-likeness (QED) is 0.687. The molecule has 3 aromatic carbocycles. The van der Waals surface area contributed by atoms with Crippen LogP contribution in [0, 0.1) is 0 Å². The van der Waals surface area contributed by atoms with E-state index in [1.54, 1.807) is 24.4 Å². The summed E-state index contributed by atoms with van der Waals surface area (Å²) < 4.78 is 0. The number of hydrogen-bond acceptors (Lipinski definition) is 4. The number of aliphatic imine (C=N–C) groups is 2. The first-order valence-electron chi connectivity index (χ1n) is 8.78. The number of rotatable bonds is 4. The molecular formula is C22H18N4O2. The van der Waals surface area contributed by atoms with Crippen molar-refractivity contribution in [2.75, 3.05) is 0 Å². The van der Waals surface area contributed by atoms with Crippen LogP contribution in [0.4, 0.5) is 11.4 Å². The second-order valence-electron chi connectivity index (χ2n) is 6.23. The Bertz CT molecular complexity index is 1070. The van der Waals surface area contributed by atoms with E-state index in [9.17, 15) is 4.79 Å². The van der Waals surface area contributed by atoms with Gasteiger partial charge in [0.05, 0.1) is 11.4 Å². The molecule has 0 bridgehead atoms. The minimum atomic E-state index is -0.476. The molecule has 6 nitrogen and oxygen atoms in total. The van der Waals surface area contributed by atoms with E-state index < -0.39 is 5.91 Å². The summed E-state index contributed by atoms with van der Waals surface area (Å²) >= 11 is 0. The molecule has 0 aromatic heterocycles. The zero-order valence-electron chi connectivity index (χ0n) is 15.0. The second kappa shape index (κ2) is 7.85. The molecular weight excluding hydrogens is 352 g/mol. The van der Waals surface area contributed by atoms with Crippen LogP contribution < -0.4 is 11.2 Å². The number of amides is 1. The molecule has 0 atom stereocenters. The number of hydroxylamine groups is 1. The van der Waals surface area contributed by atoms with Gasteiger partial charge in [-0.25, -0.2) is 10.5 Å². The van der Waals surface area contributed by atoms with E-state index in [4.69, 9.17) is 10.6 Å². The molecule has 0 fully saturated rings. The average Bonchev–Trinajstić information content (AvgIpc) is 2.74. The highest BCUT2D eigenvalue weighted by molar-refractivity contribution is 6.02. The predicted molar refractivity (Wildman–Crippen MR) is 109 cm³/mol. The summed E-state index contributed by atoms with van der Waals surface area (Å²) in [7, 11) is 0. The van der Waals surface area contributed by atoms with Crippen LogP contribution in [0.3, 0.4) is 0 Å². The molecule has 4 rings (SSSR count). The molecule has 1 aliphatic rings. The molecule has 0 radical (unpaired) electrons. The molecule has 6 heteroatoms. The number of carbonyl (C=O) groups excluding carboxylic acids is 1. The number of primary amides is 1. The van der Waals surface area contributed by atoms with Crippen LogP contribution in [0.2, 0.25) is 0 Å². The molecule has 3 N–H and O–H groups in total. The lowest BCUT2D eigenvalue weighted by Gasteiger charge is -2.19. The van der Waals surface area contributed by atoms with Gasteiger partial charge < -0.3 is 5.73 Å². The molecule has 3 aromatic rings. The smallest absolute Gasteiger partial charge is 0.249 e. The number of carbonyl (C=O) groups is 1. The van der Waals surface area contributed by atoms with Crippen molar-refractivity contribution in [2.45, 2.75) is 6.61 Å². The summed E-state index contributed by atoms with van der Waals surface area (Å²) in [6.07, 6.45) is 1.63. The number of benzene rings is 3. The predicted octanol–water partition coefficient (Wildman–Crippen LogP) is 3.65.